The summed E-state index contributed by atoms with van der Waals surface area (Å²) in [7, 11) is 0. The quantitative estimate of drug-likeness (QED) is 0.628. The van der Waals surface area contributed by atoms with E-state index in [1.165, 1.54) is 0 Å². The monoisotopic (exact) mass is 348 g/mol. The van der Waals surface area contributed by atoms with Crippen LogP contribution < -0.4 is 9.47 Å². The summed E-state index contributed by atoms with van der Waals surface area (Å²) in [4.78, 5) is 16.7. The maximum atomic E-state index is 12.2. The minimum Gasteiger partial charge on any atom is -0.454 e. The van der Waals surface area contributed by atoms with E-state index in [1.54, 1.807) is 6.08 Å². The number of carbonyl (C=O) groups excluding carboxylic acids is 1. The van der Waals surface area contributed by atoms with Crippen molar-refractivity contribution in [1.29, 1.82) is 0 Å². The first-order valence-corrected chi connectivity index (χ1v) is 8.73. The molecule has 0 saturated heterocycles. The lowest BCUT2D eigenvalue weighted by Gasteiger charge is -2.05. The topological polar surface area (TPSA) is 53.4 Å². The molecule has 0 fully saturated rings. The molecular weight excluding hydrogens is 328 g/mol. The standard InChI is InChI=1S/C21H20N2O3/c1-15-22-18-6-2-3-7-19(18)23(15)12-4-5-17(24)10-8-16-9-11-20-21(13-16)26-14-25-20/h2-3,6-11,13H,4-5,12,14H2,1H3/b10-8+. The normalized spacial score (nSPS) is 13.0. The highest BCUT2D eigenvalue weighted by atomic mass is 16.7. The summed E-state index contributed by atoms with van der Waals surface area (Å²) < 4.78 is 12.8. The molecule has 1 aliphatic rings. The lowest BCUT2D eigenvalue weighted by molar-refractivity contribution is -0.114. The van der Waals surface area contributed by atoms with E-state index < -0.39 is 0 Å². The average molecular weight is 348 g/mol. The number of carbonyl (C=O) groups is 1. The molecule has 2 heterocycles. The van der Waals surface area contributed by atoms with Gasteiger partial charge in [0.25, 0.3) is 0 Å². The Morgan fingerprint density at radius 3 is 2.96 bits per heavy atom. The van der Waals surface area contributed by atoms with Gasteiger partial charge in [-0.1, -0.05) is 24.3 Å². The number of nitrogens with zero attached hydrogens (tertiary/aromatic N) is 2. The number of hydrogen-bond donors (Lipinski definition) is 0. The van der Waals surface area contributed by atoms with Crippen LogP contribution in [0.2, 0.25) is 0 Å². The number of hydrogen-bond acceptors (Lipinski definition) is 4. The molecule has 1 aliphatic heterocycles. The fourth-order valence-electron chi connectivity index (χ4n) is 3.18. The van der Waals surface area contributed by atoms with Gasteiger partial charge in [-0.15, -0.1) is 0 Å². The second-order valence-electron chi connectivity index (χ2n) is 6.32. The average Bonchev–Trinajstić information content (AvgIpc) is 3.24. The van der Waals surface area contributed by atoms with Crippen molar-refractivity contribution in [3.05, 3.63) is 59.9 Å². The first-order valence-electron chi connectivity index (χ1n) is 8.73. The minimum atomic E-state index is 0.116. The van der Waals surface area contributed by atoms with E-state index in [9.17, 15) is 4.79 Å². The van der Waals surface area contributed by atoms with Gasteiger partial charge in [0.05, 0.1) is 11.0 Å². The largest absolute Gasteiger partial charge is 0.454 e. The summed E-state index contributed by atoms with van der Waals surface area (Å²) in [6, 6.07) is 13.7. The first kappa shape index (κ1) is 16.4. The van der Waals surface area contributed by atoms with Gasteiger partial charge in [-0.25, -0.2) is 4.98 Å². The Morgan fingerprint density at radius 1 is 1.19 bits per heavy atom. The summed E-state index contributed by atoms with van der Waals surface area (Å²) in [5.74, 6) is 2.57. The molecule has 0 atom stereocenters. The summed E-state index contributed by atoms with van der Waals surface area (Å²) in [6.45, 7) is 3.04. The minimum absolute atomic E-state index is 0.116. The van der Waals surface area contributed by atoms with Gasteiger partial charge < -0.3 is 14.0 Å². The molecule has 0 amide bonds. The van der Waals surface area contributed by atoms with Crippen LogP contribution in [0.1, 0.15) is 24.2 Å². The second kappa shape index (κ2) is 7.04. The molecule has 1 aromatic heterocycles. The lowest BCUT2D eigenvalue weighted by Crippen LogP contribution is -2.03. The van der Waals surface area contributed by atoms with E-state index in [0.29, 0.717) is 6.42 Å². The summed E-state index contributed by atoms with van der Waals surface area (Å²) in [5.41, 5.74) is 3.05. The smallest absolute Gasteiger partial charge is 0.231 e. The Labute approximate surface area is 151 Å². The predicted molar refractivity (Wildman–Crippen MR) is 100 cm³/mol. The summed E-state index contributed by atoms with van der Waals surface area (Å²) in [6.07, 6.45) is 4.75. The van der Waals surface area contributed by atoms with Crippen LogP contribution in [0.4, 0.5) is 0 Å². The van der Waals surface area contributed by atoms with Gasteiger partial charge in [-0.05, 0) is 49.2 Å². The Morgan fingerprint density at radius 2 is 2.04 bits per heavy atom. The number of aryl methyl sites for hydroxylation is 2. The van der Waals surface area contributed by atoms with Crippen molar-refractivity contribution in [3.63, 3.8) is 0 Å². The van der Waals surface area contributed by atoms with Crippen LogP contribution >= 0.6 is 0 Å². The van der Waals surface area contributed by atoms with Crippen molar-refractivity contribution < 1.29 is 14.3 Å². The lowest BCUT2D eigenvalue weighted by atomic mass is 10.1. The van der Waals surface area contributed by atoms with E-state index in [1.807, 2.05) is 49.4 Å². The third-order valence-electron chi connectivity index (χ3n) is 4.51. The molecule has 26 heavy (non-hydrogen) atoms. The Kier molecular flexibility index (Phi) is 4.44. The highest BCUT2D eigenvalue weighted by molar-refractivity contribution is 5.93. The molecule has 132 valence electrons. The molecule has 4 rings (SSSR count). The van der Waals surface area contributed by atoms with Crippen LogP contribution in [0.15, 0.2) is 48.5 Å². The number of benzene rings is 2. The SMILES string of the molecule is Cc1nc2ccccc2n1CCCC(=O)/C=C/c1ccc2c(c1)OCO2. The van der Waals surface area contributed by atoms with Gasteiger partial charge in [-0.3, -0.25) is 4.79 Å². The molecule has 0 bridgehead atoms. The molecule has 5 heteroatoms. The number of ketones is 1. The number of rotatable bonds is 6. The Balaban J connectivity index is 1.34. The summed E-state index contributed by atoms with van der Waals surface area (Å²) in [5, 5.41) is 0. The van der Waals surface area contributed by atoms with Gasteiger partial charge in [0.15, 0.2) is 17.3 Å². The Hall–Kier alpha value is -3.08. The highest BCUT2D eigenvalue weighted by Crippen LogP contribution is 2.32. The number of para-hydroxylation sites is 2. The van der Waals surface area contributed by atoms with Crippen LogP contribution in [0.3, 0.4) is 0 Å². The zero-order chi connectivity index (χ0) is 17.9. The van der Waals surface area contributed by atoms with Crippen LogP contribution in [0, 0.1) is 6.92 Å². The van der Waals surface area contributed by atoms with Gasteiger partial charge in [0, 0.05) is 13.0 Å². The maximum absolute atomic E-state index is 12.2. The molecule has 0 N–H and O–H groups in total. The predicted octanol–water partition coefficient (Wildman–Crippen LogP) is 4.14. The maximum Gasteiger partial charge on any atom is 0.231 e. The van der Waals surface area contributed by atoms with Crippen molar-refractivity contribution in [1.82, 2.24) is 9.55 Å². The number of fused-ring (bicyclic) bond motifs is 2. The molecule has 3 aromatic rings. The van der Waals surface area contributed by atoms with E-state index in [-0.39, 0.29) is 12.6 Å². The van der Waals surface area contributed by atoms with E-state index >= 15 is 0 Å². The van der Waals surface area contributed by atoms with Gasteiger partial charge in [0.1, 0.15) is 5.82 Å². The number of imidazole rings is 1. The molecule has 5 nitrogen and oxygen atoms in total. The Bertz CT molecular complexity index is 988. The first-order chi connectivity index (χ1) is 12.7. The van der Waals surface area contributed by atoms with E-state index in [4.69, 9.17) is 9.47 Å². The van der Waals surface area contributed by atoms with Crippen LogP contribution in [0.5, 0.6) is 11.5 Å². The van der Waals surface area contributed by atoms with E-state index in [2.05, 4.69) is 15.6 Å². The van der Waals surface area contributed by atoms with Crippen molar-refractivity contribution in [2.24, 2.45) is 0 Å². The van der Waals surface area contributed by atoms with Crippen molar-refractivity contribution in [3.8, 4) is 11.5 Å². The third-order valence-corrected chi connectivity index (χ3v) is 4.51. The zero-order valence-electron chi connectivity index (χ0n) is 14.6. The number of aromatic nitrogens is 2. The molecule has 0 unspecified atom stereocenters. The molecular formula is C21H20N2O3. The number of allylic oxidation sites excluding steroid dienone is 1. The van der Waals surface area contributed by atoms with Crippen molar-refractivity contribution in [2.75, 3.05) is 6.79 Å². The third kappa shape index (κ3) is 3.33. The van der Waals surface area contributed by atoms with Crippen LogP contribution in [-0.4, -0.2) is 22.1 Å². The second-order valence-corrected chi connectivity index (χ2v) is 6.32. The van der Waals surface area contributed by atoms with Gasteiger partial charge in [-0.2, -0.15) is 0 Å². The van der Waals surface area contributed by atoms with Gasteiger partial charge in [0.2, 0.25) is 6.79 Å². The summed E-state index contributed by atoms with van der Waals surface area (Å²) >= 11 is 0. The molecule has 0 spiro atoms. The van der Waals surface area contributed by atoms with Crippen LogP contribution in [0.25, 0.3) is 17.1 Å². The fraction of sp³-hybridized carbons (Fsp3) is 0.238. The van der Waals surface area contributed by atoms with Crippen molar-refractivity contribution >= 4 is 22.9 Å². The molecule has 2 aromatic carbocycles. The molecule has 0 radical (unpaired) electrons. The van der Waals surface area contributed by atoms with Crippen molar-refractivity contribution in [2.45, 2.75) is 26.3 Å². The molecule has 0 saturated carbocycles. The fourth-order valence-corrected chi connectivity index (χ4v) is 3.18. The zero-order valence-corrected chi connectivity index (χ0v) is 14.6. The van der Waals surface area contributed by atoms with Crippen LogP contribution in [-0.2, 0) is 11.3 Å². The molecule has 0 aliphatic carbocycles. The number of ether oxygens (including phenoxy) is 2. The van der Waals surface area contributed by atoms with Gasteiger partial charge >= 0.3 is 0 Å². The highest BCUT2D eigenvalue weighted by Gasteiger charge is 2.12. The van der Waals surface area contributed by atoms with E-state index in [0.717, 1.165) is 46.9 Å².